The third-order valence-electron chi connectivity index (χ3n) is 3.79. The molecule has 82 valence electrons. The maximum absolute atomic E-state index is 13.8. The van der Waals surface area contributed by atoms with E-state index in [1.54, 1.807) is 12.1 Å². The predicted octanol–water partition coefficient (Wildman–Crippen LogP) is 3.11. The Hall–Kier alpha value is -0.600. The zero-order valence-electron chi connectivity index (χ0n) is 8.76. The second-order valence-corrected chi connectivity index (χ2v) is 4.80. The Labute approximate surface area is 94.4 Å². The van der Waals surface area contributed by atoms with Crippen LogP contribution in [0.2, 0.25) is 5.02 Å². The number of halogens is 2. The normalized spacial score (nSPS) is 30.0. The van der Waals surface area contributed by atoms with E-state index in [0.717, 1.165) is 12.8 Å². The SMILES string of the molecule is CC1CCC1(CN)c1c(F)cccc1Cl. The Balaban J connectivity index is 2.52. The zero-order chi connectivity index (χ0) is 11.1. The van der Waals surface area contributed by atoms with Crippen LogP contribution in [-0.4, -0.2) is 6.54 Å². The maximum Gasteiger partial charge on any atom is 0.128 e. The van der Waals surface area contributed by atoms with Crippen LogP contribution >= 0.6 is 11.6 Å². The number of benzene rings is 1. The van der Waals surface area contributed by atoms with Crippen molar-refractivity contribution in [2.45, 2.75) is 25.2 Å². The van der Waals surface area contributed by atoms with Crippen LogP contribution in [-0.2, 0) is 5.41 Å². The van der Waals surface area contributed by atoms with Gasteiger partial charge < -0.3 is 5.73 Å². The Bertz CT molecular complexity index is 356. The van der Waals surface area contributed by atoms with Gasteiger partial charge in [-0.15, -0.1) is 0 Å². The number of hydrogen-bond acceptors (Lipinski definition) is 1. The van der Waals surface area contributed by atoms with Gasteiger partial charge in [0.05, 0.1) is 0 Å². The summed E-state index contributed by atoms with van der Waals surface area (Å²) in [4.78, 5) is 0. The molecule has 2 atom stereocenters. The number of hydrogen-bond donors (Lipinski definition) is 1. The Morgan fingerprint density at radius 1 is 1.60 bits per heavy atom. The summed E-state index contributed by atoms with van der Waals surface area (Å²) in [6.45, 7) is 2.58. The third-order valence-corrected chi connectivity index (χ3v) is 4.11. The first-order valence-electron chi connectivity index (χ1n) is 5.26. The summed E-state index contributed by atoms with van der Waals surface area (Å²) >= 11 is 6.08. The molecule has 15 heavy (non-hydrogen) atoms. The van der Waals surface area contributed by atoms with Crippen molar-refractivity contribution in [2.75, 3.05) is 6.54 Å². The molecule has 2 unspecified atom stereocenters. The van der Waals surface area contributed by atoms with Crippen LogP contribution < -0.4 is 5.73 Å². The molecule has 1 fully saturated rings. The summed E-state index contributed by atoms with van der Waals surface area (Å²) in [6, 6.07) is 4.83. The van der Waals surface area contributed by atoms with Crippen molar-refractivity contribution in [1.82, 2.24) is 0 Å². The lowest BCUT2D eigenvalue weighted by Gasteiger charge is -2.48. The molecule has 0 saturated heterocycles. The molecule has 1 saturated carbocycles. The minimum absolute atomic E-state index is 0.223. The minimum atomic E-state index is -0.234. The Morgan fingerprint density at radius 3 is 2.73 bits per heavy atom. The molecule has 1 aliphatic rings. The second kappa shape index (κ2) is 3.76. The molecule has 0 bridgehead atoms. The first-order chi connectivity index (χ1) is 7.12. The summed E-state index contributed by atoms with van der Waals surface area (Å²) in [5, 5.41) is 0.506. The summed E-state index contributed by atoms with van der Waals surface area (Å²) in [5.41, 5.74) is 6.19. The van der Waals surface area contributed by atoms with Crippen molar-refractivity contribution < 1.29 is 4.39 Å². The standard InChI is InChI=1S/C12H15ClFN/c1-8-5-6-12(8,7-15)11-9(13)3-2-4-10(11)14/h2-4,8H,5-7,15H2,1H3. The average Bonchev–Trinajstić information content (AvgIpc) is 2.21. The topological polar surface area (TPSA) is 26.0 Å². The molecule has 0 spiro atoms. The summed E-state index contributed by atoms with van der Waals surface area (Å²) in [5.74, 6) is 0.191. The molecular formula is C12H15ClFN. The summed E-state index contributed by atoms with van der Waals surface area (Å²) < 4.78 is 13.8. The fourth-order valence-electron chi connectivity index (χ4n) is 2.53. The first-order valence-corrected chi connectivity index (χ1v) is 5.64. The molecule has 2 rings (SSSR count). The van der Waals surface area contributed by atoms with Crippen LogP contribution in [0.3, 0.4) is 0 Å². The van der Waals surface area contributed by atoms with Gasteiger partial charge in [0.25, 0.3) is 0 Å². The Kier molecular flexibility index (Phi) is 2.73. The van der Waals surface area contributed by atoms with E-state index in [9.17, 15) is 4.39 Å². The molecule has 1 nitrogen and oxygen atoms in total. The highest BCUT2D eigenvalue weighted by molar-refractivity contribution is 6.31. The van der Waals surface area contributed by atoms with Gasteiger partial charge in [0, 0.05) is 22.5 Å². The predicted molar refractivity (Wildman–Crippen MR) is 60.5 cm³/mol. The lowest BCUT2D eigenvalue weighted by molar-refractivity contribution is 0.141. The van der Waals surface area contributed by atoms with Crippen molar-refractivity contribution in [3.05, 3.63) is 34.6 Å². The van der Waals surface area contributed by atoms with Gasteiger partial charge in [-0.25, -0.2) is 4.39 Å². The second-order valence-electron chi connectivity index (χ2n) is 4.40. The van der Waals surface area contributed by atoms with Crippen molar-refractivity contribution in [2.24, 2.45) is 11.7 Å². The highest BCUT2D eigenvalue weighted by Gasteiger charge is 2.46. The van der Waals surface area contributed by atoms with Gasteiger partial charge in [-0.1, -0.05) is 24.6 Å². The van der Waals surface area contributed by atoms with Gasteiger partial charge in [-0.05, 0) is 30.9 Å². The highest BCUT2D eigenvalue weighted by Crippen LogP contribution is 2.50. The van der Waals surface area contributed by atoms with Crippen LogP contribution in [0.1, 0.15) is 25.3 Å². The van der Waals surface area contributed by atoms with Crippen molar-refractivity contribution >= 4 is 11.6 Å². The molecule has 0 aromatic heterocycles. The van der Waals surface area contributed by atoms with Crippen LogP contribution in [0.5, 0.6) is 0 Å². The van der Waals surface area contributed by atoms with Crippen molar-refractivity contribution in [3.63, 3.8) is 0 Å². The van der Waals surface area contributed by atoms with E-state index in [1.165, 1.54) is 6.07 Å². The van der Waals surface area contributed by atoms with Gasteiger partial charge in [0.2, 0.25) is 0 Å². The molecular weight excluding hydrogens is 213 g/mol. The fraction of sp³-hybridized carbons (Fsp3) is 0.500. The monoisotopic (exact) mass is 227 g/mol. The third kappa shape index (κ3) is 1.47. The van der Waals surface area contributed by atoms with Gasteiger partial charge in [0.15, 0.2) is 0 Å². The van der Waals surface area contributed by atoms with E-state index in [-0.39, 0.29) is 11.2 Å². The van der Waals surface area contributed by atoms with E-state index in [1.807, 2.05) is 0 Å². The molecule has 0 radical (unpaired) electrons. The van der Waals surface area contributed by atoms with Gasteiger partial charge in [-0.2, -0.15) is 0 Å². The average molecular weight is 228 g/mol. The molecule has 1 aromatic rings. The van der Waals surface area contributed by atoms with Crippen LogP contribution in [0.15, 0.2) is 18.2 Å². The molecule has 0 heterocycles. The van der Waals surface area contributed by atoms with Gasteiger partial charge in [-0.3, -0.25) is 0 Å². The lowest BCUT2D eigenvalue weighted by atomic mass is 9.57. The van der Waals surface area contributed by atoms with Gasteiger partial charge >= 0.3 is 0 Å². The van der Waals surface area contributed by atoms with Crippen LogP contribution in [0, 0.1) is 11.7 Å². The van der Waals surface area contributed by atoms with E-state index in [0.29, 0.717) is 23.0 Å². The largest absolute Gasteiger partial charge is 0.330 e. The zero-order valence-corrected chi connectivity index (χ0v) is 9.52. The van der Waals surface area contributed by atoms with Gasteiger partial charge in [0.1, 0.15) is 5.82 Å². The highest BCUT2D eigenvalue weighted by atomic mass is 35.5. The minimum Gasteiger partial charge on any atom is -0.330 e. The molecule has 2 N–H and O–H groups in total. The van der Waals surface area contributed by atoms with Crippen molar-refractivity contribution in [3.8, 4) is 0 Å². The molecule has 1 aromatic carbocycles. The first kappa shape index (κ1) is 10.9. The van der Waals surface area contributed by atoms with Crippen LogP contribution in [0.4, 0.5) is 4.39 Å². The van der Waals surface area contributed by atoms with E-state index >= 15 is 0 Å². The van der Waals surface area contributed by atoms with Crippen molar-refractivity contribution in [1.29, 1.82) is 0 Å². The molecule has 0 amide bonds. The summed E-state index contributed by atoms with van der Waals surface area (Å²) in [7, 11) is 0. The maximum atomic E-state index is 13.8. The lowest BCUT2D eigenvalue weighted by Crippen LogP contribution is -2.49. The number of rotatable bonds is 2. The van der Waals surface area contributed by atoms with Crippen LogP contribution in [0.25, 0.3) is 0 Å². The van der Waals surface area contributed by atoms with E-state index < -0.39 is 0 Å². The number of nitrogens with two attached hydrogens (primary N) is 1. The fourth-order valence-corrected chi connectivity index (χ4v) is 2.88. The summed E-state index contributed by atoms with van der Waals surface area (Å²) in [6.07, 6.45) is 2.03. The van der Waals surface area contributed by atoms with E-state index in [2.05, 4.69) is 6.92 Å². The molecule has 1 aliphatic carbocycles. The quantitative estimate of drug-likeness (QED) is 0.826. The molecule has 3 heteroatoms. The Morgan fingerprint density at radius 2 is 2.33 bits per heavy atom. The van der Waals surface area contributed by atoms with E-state index in [4.69, 9.17) is 17.3 Å². The smallest absolute Gasteiger partial charge is 0.128 e. The molecule has 0 aliphatic heterocycles.